The third kappa shape index (κ3) is 3.22. The molecule has 1 N–H and O–H groups in total. The number of nitriles is 1. The Morgan fingerprint density at radius 3 is 2.89 bits per heavy atom. The SMILES string of the molecule is N#CCOc1ccc(NC(=O)C2CCOC2)cc1. The maximum atomic E-state index is 11.8. The van der Waals surface area contributed by atoms with Crippen LogP contribution >= 0.6 is 0 Å². The first-order valence-corrected chi connectivity index (χ1v) is 5.78. The molecule has 1 aliphatic rings. The van der Waals surface area contributed by atoms with Gasteiger partial charge >= 0.3 is 0 Å². The minimum absolute atomic E-state index is 0.0156. The molecule has 1 unspecified atom stereocenters. The van der Waals surface area contributed by atoms with Crippen LogP contribution in [0.4, 0.5) is 5.69 Å². The van der Waals surface area contributed by atoms with Crippen molar-refractivity contribution in [2.45, 2.75) is 6.42 Å². The van der Waals surface area contributed by atoms with Crippen LogP contribution in [0, 0.1) is 17.2 Å². The molecule has 1 heterocycles. The van der Waals surface area contributed by atoms with E-state index in [1.807, 2.05) is 6.07 Å². The van der Waals surface area contributed by atoms with Gasteiger partial charge in [0.2, 0.25) is 5.91 Å². The number of ether oxygens (including phenoxy) is 2. The molecule has 1 saturated heterocycles. The average molecular weight is 246 g/mol. The van der Waals surface area contributed by atoms with E-state index in [2.05, 4.69) is 5.32 Å². The summed E-state index contributed by atoms with van der Waals surface area (Å²) < 4.78 is 10.3. The van der Waals surface area contributed by atoms with Crippen molar-refractivity contribution >= 4 is 11.6 Å². The van der Waals surface area contributed by atoms with Gasteiger partial charge in [-0.05, 0) is 30.7 Å². The van der Waals surface area contributed by atoms with E-state index in [1.54, 1.807) is 24.3 Å². The van der Waals surface area contributed by atoms with Crippen molar-refractivity contribution in [3.8, 4) is 11.8 Å². The van der Waals surface area contributed by atoms with Crippen LogP contribution in [0.3, 0.4) is 0 Å². The Labute approximate surface area is 105 Å². The molecule has 5 nitrogen and oxygen atoms in total. The van der Waals surface area contributed by atoms with Gasteiger partial charge in [0, 0.05) is 12.3 Å². The second-order valence-electron chi connectivity index (χ2n) is 4.02. The Morgan fingerprint density at radius 2 is 2.28 bits per heavy atom. The van der Waals surface area contributed by atoms with Crippen molar-refractivity contribution in [3.05, 3.63) is 24.3 Å². The molecular formula is C13H14N2O3. The Bertz CT molecular complexity index is 444. The van der Waals surface area contributed by atoms with Crippen LogP contribution in [0.2, 0.25) is 0 Å². The summed E-state index contributed by atoms with van der Waals surface area (Å²) in [5, 5.41) is 11.2. The Kier molecular flexibility index (Phi) is 4.15. The van der Waals surface area contributed by atoms with Crippen LogP contribution in [-0.4, -0.2) is 25.7 Å². The number of amides is 1. The molecule has 0 aliphatic carbocycles. The molecule has 0 radical (unpaired) electrons. The molecule has 1 fully saturated rings. The topological polar surface area (TPSA) is 71.3 Å². The molecule has 94 valence electrons. The molecule has 1 aliphatic heterocycles. The number of hydrogen-bond acceptors (Lipinski definition) is 4. The second kappa shape index (κ2) is 6.03. The predicted octanol–water partition coefficient (Wildman–Crippen LogP) is 1.56. The van der Waals surface area contributed by atoms with Gasteiger partial charge in [-0.25, -0.2) is 0 Å². The van der Waals surface area contributed by atoms with Crippen LogP contribution in [0.25, 0.3) is 0 Å². The molecule has 1 amide bonds. The van der Waals surface area contributed by atoms with Gasteiger partial charge in [0.25, 0.3) is 0 Å². The standard InChI is InChI=1S/C13H14N2O3/c14-6-8-18-12-3-1-11(2-4-12)15-13(16)10-5-7-17-9-10/h1-4,10H,5,7-9H2,(H,15,16). The Hall–Kier alpha value is -2.06. The lowest BCUT2D eigenvalue weighted by Gasteiger charge is -2.09. The van der Waals surface area contributed by atoms with Gasteiger partial charge in [0.1, 0.15) is 11.8 Å². The van der Waals surface area contributed by atoms with Crippen LogP contribution in [-0.2, 0) is 9.53 Å². The summed E-state index contributed by atoms with van der Waals surface area (Å²) in [5.74, 6) is 0.538. The zero-order chi connectivity index (χ0) is 12.8. The van der Waals surface area contributed by atoms with Gasteiger partial charge in [-0.1, -0.05) is 0 Å². The number of anilines is 1. The van der Waals surface area contributed by atoms with Crippen molar-refractivity contribution in [2.75, 3.05) is 25.1 Å². The molecule has 0 saturated carbocycles. The molecule has 1 atom stereocenters. The zero-order valence-corrected chi connectivity index (χ0v) is 9.89. The first kappa shape index (κ1) is 12.4. The van der Waals surface area contributed by atoms with E-state index in [4.69, 9.17) is 14.7 Å². The van der Waals surface area contributed by atoms with Gasteiger partial charge < -0.3 is 14.8 Å². The highest BCUT2D eigenvalue weighted by Crippen LogP contribution is 2.18. The third-order valence-electron chi connectivity index (χ3n) is 2.73. The van der Waals surface area contributed by atoms with Crippen molar-refractivity contribution in [1.29, 1.82) is 5.26 Å². The first-order chi connectivity index (χ1) is 8.79. The number of nitrogens with one attached hydrogen (secondary N) is 1. The van der Waals surface area contributed by atoms with Gasteiger partial charge in [0.05, 0.1) is 12.5 Å². The fourth-order valence-corrected chi connectivity index (χ4v) is 1.74. The third-order valence-corrected chi connectivity index (χ3v) is 2.73. The Morgan fingerprint density at radius 1 is 1.50 bits per heavy atom. The maximum Gasteiger partial charge on any atom is 0.229 e. The number of carbonyl (C=O) groups excluding carboxylic acids is 1. The zero-order valence-electron chi connectivity index (χ0n) is 9.89. The van der Waals surface area contributed by atoms with Crippen LogP contribution in [0.5, 0.6) is 5.75 Å². The van der Waals surface area contributed by atoms with Gasteiger partial charge in [-0.15, -0.1) is 0 Å². The number of rotatable bonds is 4. The normalized spacial score (nSPS) is 18.1. The summed E-state index contributed by atoms with van der Waals surface area (Å²) in [6.45, 7) is 1.17. The van der Waals surface area contributed by atoms with Crippen LogP contribution < -0.4 is 10.1 Å². The van der Waals surface area contributed by atoms with E-state index in [9.17, 15) is 4.79 Å². The fraction of sp³-hybridized carbons (Fsp3) is 0.385. The molecular weight excluding hydrogens is 232 g/mol. The lowest BCUT2D eigenvalue weighted by atomic mass is 10.1. The highest BCUT2D eigenvalue weighted by Gasteiger charge is 2.23. The largest absolute Gasteiger partial charge is 0.479 e. The second-order valence-corrected chi connectivity index (χ2v) is 4.02. The minimum Gasteiger partial charge on any atom is -0.479 e. The molecule has 5 heteroatoms. The van der Waals surface area contributed by atoms with Crippen molar-refractivity contribution in [1.82, 2.24) is 0 Å². The quantitative estimate of drug-likeness (QED) is 0.875. The van der Waals surface area contributed by atoms with Gasteiger partial charge in [0.15, 0.2) is 6.61 Å². The van der Waals surface area contributed by atoms with Crippen molar-refractivity contribution in [3.63, 3.8) is 0 Å². The summed E-state index contributed by atoms with van der Waals surface area (Å²) in [7, 11) is 0. The summed E-state index contributed by atoms with van der Waals surface area (Å²) in [6, 6.07) is 8.84. The van der Waals surface area contributed by atoms with Gasteiger partial charge in [-0.3, -0.25) is 4.79 Å². The van der Waals surface area contributed by atoms with Crippen molar-refractivity contribution < 1.29 is 14.3 Å². The maximum absolute atomic E-state index is 11.8. The molecule has 0 aromatic heterocycles. The lowest BCUT2D eigenvalue weighted by molar-refractivity contribution is -0.119. The van der Waals surface area contributed by atoms with E-state index in [0.29, 0.717) is 19.0 Å². The monoisotopic (exact) mass is 246 g/mol. The highest BCUT2D eigenvalue weighted by atomic mass is 16.5. The number of nitrogens with zero attached hydrogens (tertiary/aromatic N) is 1. The van der Waals surface area contributed by atoms with E-state index in [-0.39, 0.29) is 18.4 Å². The molecule has 0 bridgehead atoms. The average Bonchev–Trinajstić information content (AvgIpc) is 2.92. The van der Waals surface area contributed by atoms with Crippen LogP contribution in [0.15, 0.2) is 24.3 Å². The molecule has 1 aromatic rings. The molecule has 18 heavy (non-hydrogen) atoms. The molecule has 1 aromatic carbocycles. The van der Waals surface area contributed by atoms with Crippen LogP contribution in [0.1, 0.15) is 6.42 Å². The lowest BCUT2D eigenvalue weighted by Crippen LogP contribution is -2.22. The predicted molar refractivity (Wildman–Crippen MR) is 65.1 cm³/mol. The summed E-state index contributed by atoms with van der Waals surface area (Å²) >= 11 is 0. The molecule has 2 rings (SSSR count). The van der Waals surface area contributed by atoms with Gasteiger partial charge in [-0.2, -0.15) is 5.26 Å². The Balaban J connectivity index is 1.89. The highest BCUT2D eigenvalue weighted by molar-refractivity contribution is 5.92. The first-order valence-electron chi connectivity index (χ1n) is 5.78. The van der Waals surface area contributed by atoms with Crippen molar-refractivity contribution in [2.24, 2.45) is 5.92 Å². The number of benzene rings is 1. The summed E-state index contributed by atoms with van der Waals surface area (Å²) in [6.07, 6.45) is 0.773. The number of hydrogen-bond donors (Lipinski definition) is 1. The smallest absolute Gasteiger partial charge is 0.229 e. The summed E-state index contributed by atoms with van der Waals surface area (Å²) in [4.78, 5) is 11.8. The summed E-state index contributed by atoms with van der Waals surface area (Å²) in [5.41, 5.74) is 0.719. The molecule has 0 spiro atoms. The number of carbonyl (C=O) groups is 1. The minimum atomic E-state index is -0.0560. The fourth-order valence-electron chi connectivity index (χ4n) is 1.74. The van der Waals surface area contributed by atoms with E-state index >= 15 is 0 Å². The van der Waals surface area contributed by atoms with E-state index in [0.717, 1.165) is 12.1 Å². The van der Waals surface area contributed by atoms with E-state index < -0.39 is 0 Å². The van der Waals surface area contributed by atoms with E-state index in [1.165, 1.54) is 0 Å².